The fourth-order valence-electron chi connectivity index (χ4n) is 2.60. The molecule has 5 nitrogen and oxygen atoms in total. The number of hydrogen-bond donors (Lipinski definition) is 0. The molecule has 0 spiro atoms. The second-order valence-corrected chi connectivity index (χ2v) is 5.25. The molecule has 0 radical (unpaired) electrons. The first-order valence-electron chi connectivity index (χ1n) is 6.69. The van der Waals surface area contributed by atoms with Crippen LogP contribution in [0.5, 0.6) is 0 Å². The molecule has 0 saturated carbocycles. The molecule has 1 saturated heterocycles. The van der Waals surface area contributed by atoms with Crippen LogP contribution in [0.15, 0.2) is 12.1 Å². The Bertz CT molecular complexity index is 695. The van der Waals surface area contributed by atoms with Crippen molar-refractivity contribution >= 4 is 28.5 Å². The lowest BCUT2D eigenvalue weighted by molar-refractivity contribution is -0.0366. The van der Waals surface area contributed by atoms with Crippen molar-refractivity contribution in [3.8, 4) is 0 Å². The number of carbonyl (C=O) groups excluding carboxylic acids is 1. The van der Waals surface area contributed by atoms with Crippen molar-refractivity contribution in [3.63, 3.8) is 0 Å². The number of benzene rings is 1. The highest BCUT2D eigenvalue weighted by Crippen LogP contribution is 2.33. The molecule has 112 valence electrons. The van der Waals surface area contributed by atoms with Gasteiger partial charge in [-0.15, -0.1) is 0 Å². The van der Waals surface area contributed by atoms with Gasteiger partial charge in [-0.25, -0.2) is 13.9 Å². The fourth-order valence-corrected chi connectivity index (χ4v) is 2.88. The molecule has 3 rings (SSSR count). The lowest BCUT2D eigenvalue weighted by Gasteiger charge is -2.23. The van der Waals surface area contributed by atoms with Gasteiger partial charge in [-0.05, 0) is 31.4 Å². The number of rotatable bonds is 2. The van der Waals surface area contributed by atoms with Crippen LogP contribution in [-0.2, 0) is 9.47 Å². The Balaban J connectivity index is 2.19. The lowest BCUT2D eigenvalue weighted by atomic mass is 10.1. The second kappa shape index (κ2) is 5.61. The van der Waals surface area contributed by atoms with E-state index in [1.807, 2.05) is 0 Å². The van der Waals surface area contributed by atoms with Crippen molar-refractivity contribution in [3.05, 3.63) is 28.7 Å². The number of hydrogen-bond acceptors (Lipinski definition) is 4. The van der Waals surface area contributed by atoms with E-state index in [0.29, 0.717) is 17.5 Å². The standard InChI is InChI=1S/C14H14ClFN2O3/c1-20-14(19)9-6-8(16)7-10-12(9)13(15)17-18(10)11-4-2-3-5-21-11/h6-7,11H,2-5H2,1H3. The number of halogens is 2. The number of carbonyl (C=O) groups is 1. The van der Waals surface area contributed by atoms with Gasteiger partial charge in [0.05, 0.1) is 23.6 Å². The summed E-state index contributed by atoms with van der Waals surface area (Å²) in [5.74, 6) is -1.19. The van der Waals surface area contributed by atoms with Crippen molar-refractivity contribution < 1.29 is 18.7 Å². The highest BCUT2D eigenvalue weighted by molar-refractivity contribution is 6.35. The van der Waals surface area contributed by atoms with Crippen LogP contribution in [0, 0.1) is 5.82 Å². The van der Waals surface area contributed by atoms with E-state index in [2.05, 4.69) is 9.84 Å². The zero-order valence-electron chi connectivity index (χ0n) is 11.4. The van der Waals surface area contributed by atoms with Crippen LogP contribution in [0.2, 0.25) is 5.15 Å². The minimum Gasteiger partial charge on any atom is -0.465 e. The molecule has 1 aliphatic heterocycles. The number of aromatic nitrogens is 2. The fraction of sp³-hybridized carbons (Fsp3) is 0.429. The van der Waals surface area contributed by atoms with Crippen molar-refractivity contribution in [2.45, 2.75) is 25.5 Å². The van der Waals surface area contributed by atoms with E-state index in [9.17, 15) is 9.18 Å². The largest absolute Gasteiger partial charge is 0.465 e. The van der Waals surface area contributed by atoms with Gasteiger partial charge in [0.15, 0.2) is 11.4 Å². The Kier molecular flexibility index (Phi) is 3.82. The summed E-state index contributed by atoms with van der Waals surface area (Å²) in [6, 6.07) is 2.41. The molecule has 0 amide bonds. The summed E-state index contributed by atoms with van der Waals surface area (Å²) in [6.07, 6.45) is 2.48. The van der Waals surface area contributed by atoms with Gasteiger partial charge in [0.1, 0.15) is 5.82 Å². The summed E-state index contributed by atoms with van der Waals surface area (Å²) in [7, 11) is 1.24. The van der Waals surface area contributed by atoms with Crippen LogP contribution in [-0.4, -0.2) is 29.5 Å². The van der Waals surface area contributed by atoms with E-state index in [0.717, 1.165) is 25.3 Å². The maximum absolute atomic E-state index is 13.8. The van der Waals surface area contributed by atoms with Gasteiger partial charge in [-0.2, -0.15) is 5.10 Å². The number of fused-ring (bicyclic) bond motifs is 1. The third-order valence-corrected chi connectivity index (χ3v) is 3.83. The molecule has 1 atom stereocenters. The highest BCUT2D eigenvalue weighted by atomic mass is 35.5. The van der Waals surface area contributed by atoms with Crippen LogP contribution < -0.4 is 0 Å². The van der Waals surface area contributed by atoms with Crippen molar-refractivity contribution in [1.82, 2.24) is 9.78 Å². The normalized spacial score (nSPS) is 18.9. The van der Waals surface area contributed by atoms with E-state index in [1.54, 1.807) is 4.68 Å². The molecule has 1 aromatic heterocycles. The number of methoxy groups -OCH3 is 1. The van der Waals surface area contributed by atoms with Crippen molar-refractivity contribution in [1.29, 1.82) is 0 Å². The number of ether oxygens (including phenoxy) is 2. The molecule has 1 fully saturated rings. The first-order chi connectivity index (χ1) is 10.1. The van der Waals surface area contributed by atoms with E-state index >= 15 is 0 Å². The molecular weight excluding hydrogens is 299 g/mol. The predicted molar refractivity (Wildman–Crippen MR) is 74.9 cm³/mol. The van der Waals surface area contributed by atoms with Crippen molar-refractivity contribution in [2.24, 2.45) is 0 Å². The Hall–Kier alpha value is -1.66. The summed E-state index contributed by atoms with van der Waals surface area (Å²) in [4.78, 5) is 11.8. The Morgan fingerprint density at radius 3 is 3.00 bits per heavy atom. The van der Waals surface area contributed by atoms with Crippen molar-refractivity contribution in [2.75, 3.05) is 13.7 Å². The first-order valence-corrected chi connectivity index (χ1v) is 7.07. The molecule has 0 bridgehead atoms. The van der Waals surface area contributed by atoms with Gasteiger partial charge in [0.25, 0.3) is 0 Å². The number of esters is 1. The molecular formula is C14H14ClFN2O3. The Morgan fingerprint density at radius 2 is 2.33 bits per heavy atom. The van der Waals surface area contributed by atoms with Crippen LogP contribution in [0.3, 0.4) is 0 Å². The summed E-state index contributed by atoms with van der Waals surface area (Å²) >= 11 is 6.14. The quantitative estimate of drug-likeness (QED) is 0.798. The van der Waals surface area contributed by atoms with Crippen LogP contribution >= 0.6 is 11.6 Å². The Morgan fingerprint density at radius 1 is 1.52 bits per heavy atom. The van der Waals surface area contributed by atoms with Gasteiger partial charge in [-0.3, -0.25) is 0 Å². The zero-order chi connectivity index (χ0) is 15.0. The van der Waals surface area contributed by atoms with E-state index in [4.69, 9.17) is 16.3 Å². The third-order valence-electron chi connectivity index (χ3n) is 3.56. The summed E-state index contributed by atoms with van der Waals surface area (Å²) < 4.78 is 25.7. The Labute approximate surface area is 125 Å². The van der Waals surface area contributed by atoms with E-state index in [-0.39, 0.29) is 16.9 Å². The molecule has 1 aliphatic rings. The van der Waals surface area contributed by atoms with Gasteiger partial charge in [0.2, 0.25) is 0 Å². The minimum absolute atomic E-state index is 0.0690. The highest BCUT2D eigenvalue weighted by Gasteiger charge is 2.24. The maximum Gasteiger partial charge on any atom is 0.338 e. The van der Waals surface area contributed by atoms with Gasteiger partial charge < -0.3 is 9.47 Å². The predicted octanol–water partition coefficient (Wildman–Crippen LogP) is 3.31. The zero-order valence-corrected chi connectivity index (χ0v) is 12.2. The summed E-state index contributed by atoms with van der Waals surface area (Å²) in [5.41, 5.74) is 0.506. The van der Waals surface area contributed by atoms with Crippen LogP contribution in [0.25, 0.3) is 10.9 Å². The minimum atomic E-state index is -0.648. The average Bonchev–Trinajstić information content (AvgIpc) is 2.83. The molecule has 1 unspecified atom stereocenters. The first kappa shape index (κ1) is 14.3. The van der Waals surface area contributed by atoms with Gasteiger partial charge >= 0.3 is 5.97 Å². The third kappa shape index (κ3) is 2.49. The molecule has 7 heteroatoms. The second-order valence-electron chi connectivity index (χ2n) is 4.90. The number of nitrogens with zero attached hydrogens (tertiary/aromatic N) is 2. The summed E-state index contributed by atoms with van der Waals surface area (Å²) in [5, 5.41) is 4.74. The molecule has 1 aromatic carbocycles. The van der Waals surface area contributed by atoms with Gasteiger partial charge in [0, 0.05) is 6.61 Å². The smallest absolute Gasteiger partial charge is 0.338 e. The van der Waals surface area contributed by atoms with Crippen LogP contribution in [0.1, 0.15) is 35.8 Å². The summed E-state index contributed by atoms with van der Waals surface area (Å²) in [6.45, 7) is 0.628. The topological polar surface area (TPSA) is 53.3 Å². The van der Waals surface area contributed by atoms with E-state index in [1.165, 1.54) is 13.2 Å². The maximum atomic E-state index is 13.8. The molecule has 2 aromatic rings. The monoisotopic (exact) mass is 312 g/mol. The average molecular weight is 313 g/mol. The molecule has 2 heterocycles. The van der Waals surface area contributed by atoms with Crippen LogP contribution in [0.4, 0.5) is 4.39 Å². The molecule has 0 aliphatic carbocycles. The lowest BCUT2D eigenvalue weighted by Crippen LogP contribution is -2.19. The molecule has 0 N–H and O–H groups in total. The SMILES string of the molecule is COC(=O)c1cc(F)cc2c1c(Cl)nn2C1CCCCO1. The van der Waals surface area contributed by atoms with E-state index < -0.39 is 11.8 Å². The molecule has 21 heavy (non-hydrogen) atoms. The van der Waals surface area contributed by atoms with Gasteiger partial charge in [-0.1, -0.05) is 11.6 Å².